The van der Waals surface area contributed by atoms with E-state index in [4.69, 9.17) is 18.3 Å². The number of ether oxygens (including phenoxy) is 2. The number of hydrogen-bond acceptors (Lipinski definition) is 6. The van der Waals surface area contributed by atoms with E-state index < -0.39 is 11.8 Å². The van der Waals surface area contributed by atoms with E-state index in [-0.39, 0.29) is 18.0 Å². The maximum Gasteiger partial charge on any atom is 0.291 e. The molecule has 8 nitrogen and oxygen atoms in total. The lowest BCUT2D eigenvalue weighted by molar-refractivity contribution is -0.118. The molecule has 29 heavy (non-hydrogen) atoms. The molecule has 0 aliphatic rings. The van der Waals surface area contributed by atoms with Gasteiger partial charge in [0.1, 0.15) is 11.5 Å². The lowest BCUT2D eigenvalue weighted by Gasteiger charge is -2.11. The van der Waals surface area contributed by atoms with Crippen LogP contribution in [0.15, 0.2) is 69.5 Å². The Morgan fingerprint density at radius 2 is 1.76 bits per heavy atom. The third-order valence-electron chi connectivity index (χ3n) is 3.96. The quantitative estimate of drug-likeness (QED) is 0.568. The Hall–Kier alpha value is -3.94. The molecule has 0 fully saturated rings. The highest BCUT2D eigenvalue weighted by atomic mass is 16.5. The van der Waals surface area contributed by atoms with Crippen LogP contribution in [0.1, 0.15) is 21.9 Å². The lowest BCUT2D eigenvalue weighted by atomic mass is 10.1. The molecule has 0 spiro atoms. The maximum absolute atomic E-state index is 12.7. The predicted octanol–water partition coefficient (Wildman–Crippen LogP) is 2.98. The van der Waals surface area contributed by atoms with Crippen molar-refractivity contribution in [1.29, 1.82) is 0 Å². The molecule has 3 aromatic rings. The SMILES string of the molecule is COc1ccc(C=C(NC(=O)c2ccco2)C(=O)NCc2ccco2)cc1OC. The summed E-state index contributed by atoms with van der Waals surface area (Å²) in [4.78, 5) is 25.1. The Labute approximate surface area is 167 Å². The van der Waals surface area contributed by atoms with E-state index in [0.717, 1.165) is 0 Å². The van der Waals surface area contributed by atoms with Crippen LogP contribution >= 0.6 is 0 Å². The number of rotatable bonds is 8. The van der Waals surface area contributed by atoms with Crippen LogP contribution in [0.5, 0.6) is 11.5 Å². The van der Waals surface area contributed by atoms with Crippen molar-refractivity contribution in [1.82, 2.24) is 10.6 Å². The average Bonchev–Trinajstić information content (AvgIpc) is 3.45. The van der Waals surface area contributed by atoms with Gasteiger partial charge >= 0.3 is 0 Å². The molecule has 2 heterocycles. The van der Waals surface area contributed by atoms with Crippen LogP contribution in [0.3, 0.4) is 0 Å². The van der Waals surface area contributed by atoms with E-state index in [0.29, 0.717) is 22.8 Å². The van der Waals surface area contributed by atoms with Gasteiger partial charge in [0.15, 0.2) is 17.3 Å². The highest BCUT2D eigenvalue weighted by Gasteiger charge is 2.17. The molecule has 0 atom stereocenters. The number of benzene rings is 1. The van der Waals surface area contributed by atoms with E-state index >= 15 is 0 Å². The van der Waals surface area contributed by atoms with E-state index in [1.165, 1.54) is 38.9 Å². The summed E-state index contributed by atoms with van der Waals surface area (Å²) >= 11 is 0. The molecule has 8 heteroatoms. The van der Waals surface area contributed by atoms with E-state index in [1.807, 2.05) is 0 Å². The number of carbonyl (C=O) groups excluding carboxylic acids is 2. The van der Waals surface area contributed by atoms with Crippen molar-refractivity contribution in [2.45, 2.75) is 6.54 Å². The molecule has 150 valence electrons. The summed E-state index contributed by atoms with van der Waals surface area (Å²) in [6, 6.07) is 11.7. The lowest BCUT2D eigenvalue weighted by Crippen LogP contribution is -2.34. The van der Waals surface area contributed by atoms with E-state index in [9.17, 15) is 9.59 Å². The summed E-state index contributed by atoms with van der Waals surface area (Å²) in [7, 11) is 3.05. The average molecular weight is 396 g/mol. The minimum atomic E-state index is -0.546. The van der Waals surface area contributed by atoms with Gasteiger partial charge in [-0.05, 0) is 48.0 Å². The molecule has 0 saturated carbocycles. The van der Waals surface area contributed by atoms with Crippen LogP contribution in [0.25, 0.3) is 6.08 Å². The normalized spacial score (nSPS) is 11.0. The van der Waals surface area contributed by atoms with Gasteiger partial charge in [-0.15, -0.1) is 0 Å². The molecular formula is C21H20N2O6. The fraction of sp³-hybridized carbons (Fsp3) is 0.143. The number of methoxy groups -OCH3 is 2. The van der Waals surface area contributed by atoms with Gasteiger partial charge in [0.25, 0.3) is 11.8 Å². The first-order valence-electron chi connectivity index (χ1n) is 8.70. The van der Waals surface area contributed by atoms with Crippen LogP contribution in [-0.4, -0.2) is 26.0 Å². The first-order chi connectivity index (χ1) is 14.1. The first-order valence-corrected chi connectivity index (χ1v) is 8.70. The predicted molar refractivity (Wildman–Crippen MR) is 104 cm³/mol. The Morgan fingerprint density at radius 3 is 2.41 bits per heavy atom. The highest BCUT2D eigenvalue weighted by molar-refractivity contribution is 6.04. The van der Waals surface area contributed by atoms with Crippen molar-refractivity contribution in [2.75, 3.05) is 14.2 Å². The minimum Gasteiger partial charge on any atom is -0.493 e. The van der Waals surface area contributed by atoms with Crippen molar-refractivity contribution >= 4 is 17.9 Å². The number of amides is 2. The largest absolute Gasteiger partial charge is 0.493 e. The van der Waals surface area contributed by atoms with Crippen molar-refractivity contribution < 1.29 is 27.9 Å². The molecule has 0 aliphatic heterocycles. The zero-order valence-electron chi connectivity index (χ0n) is 15.9. The number of nitrogens with one attached hydrogen (secondary N) is 2. The van der Waals surface area contributed by atoms with Gasteiger partial charge in [-0.2, -0.15) is 0 Å². The summed E-state index contributed by atoms with van der Waals surface area (Å²) in [5.41, 5.74) is 0.663. The van der Waals surface area contributed by atoms with Crippen LogP contribution in [-0.2, 0) is 11.3 Å². The van der Waals surface area contributed by atoms with Crippen LogP contribution in [0.4, 0.5) is 0 Å². The van der Waals surface area contributed by atoms with Gasteiger partial charge in [0.05, 0.1) is 33.3 Å². The van der Waals surface area contributed by atoms with Gasteiger partial charge < -0.3 is 28.9 Å². The fourth-order valence-corrected chi connectivity index (χ4v) is 2.54. The van der Waals surface area contributed by atoms with Crippen LogP contribution in [0, 0.1) is 0 Å². The monoisotopic (exact) mass is 396 g/mol. The van der Waals surface area contributed by atoms with Gasteiger partial charge in [-0.3, -0.25) is 9.59 Å². The third kappa shape index (κ3) is 5.07. The topological polar surface area (TPSA) is 103 Å². The summed E-state index contributed by atoms with van der Waals surface area (Å²) in [6.45, 7) is 0.172. The molecule has 2 aromatic heterocycles. The van der Waals surface area contributed by atoms with E-state index in [1.54, 1.807) is 36.4 Å². The molecule has 2 amide bonds. The molecule has 0 unspecified atom stereocenters. The molecule has 2 N–H and O–H groups in total. The molecular weight excluding hydrogens is 376 g/mol. The Bertz CT molecular complexity index is 990. The Balaban J connectivity index is 1.85. The van der Waals surface area contributed by atoms with E-state index in [2.05, 4.69) is 10.6 Å². The summed E-state index contributed by atoms with van der Waals surface area (Å²) < 4.78 is 20.8. The van der Waals surface area contributed by atoms with Crippen LogP contribution < -0.4 is 20.1 Å². The number of hydrogen-bond donors (Lipinski definition) is 2. The first kappa shape index (κ1) is 19.8. The summed E-state index contributed by atoms with van der Waals surface area (Å²) in [5, 5.41) is 5.28. The van der Waals surface area contributed by atoms with Crippen molar-refractivity contribution in [3.05, 3.63) is 77.8 Å². The third-order valence-corrected chi connectivity index (χ3v) is 3.96. The smallest absolute Gasteiger partial charge is 0.291 e. The number of carbonyl (C=O) groups is 2. The molecule has 3 rings (SSSR count). The second-order valence-electron chi connectivity index (χ2n) is 5.87. The molecule has 1 aromatic carbocycles. The van der Waals surface area contributed by atoms with Crippen molar-refractivity contribution in [3.63, 3.8) is 0 Å². The zero-order chi connectivity index (χ0) is 20.6. The zero-order valence-corrected chi connectivity index (χ0v) is 15.9. The summed E-state index contributed by atoms with van der Waals surface area (Å²) in [5.74, 6) is 0.677. The molecule has 0 aliphatic carbocycles. The Morgan fingerprint density at radius 1 is 1.00 bits per heavy atom. The standard InChI is InChI=1S/C21H20N2O6/c1-26-17-8-7-14(12-19(17)27-2)11-16(23-21(25)18-6-4-10-29-18)20(24)22-13-15-5-3-9-28-15/h3-12H,13H2,1-2H3,(H,22,24)(H,23,25). The molecule has 0 bridgehead atoms. The second-order valence-corrected chi connectivity index (χ2v) is 5.87. The fourth-order valence-electron chi connectivity index (χ4n) is 2.54. The maximum atomic E-state index is 12.7. The summed E-state index contributed by atoms with van der Waals surface area (Å²) in [6.07, 6.45) is 4.42. The van der Waals surface area contributed by atoms with Gasteiger partial charge in [0, 0.05) is 0 Å². The van der Waals surface area contributed by atoms with Crippen LogP contribution in [0.2, 0.25) is 0 Å². The molecule has 0 radical (unpaired) electrons. The minimum absolute atomic E-state index is 0.0326. The second kappa shape index (κ2) is 9.32. The van der Waals surface area contributed by atoms with Crippen molar-refractivity contribution in [3.8, 4) is 11.5 Å². The van der Waals surface area contributed by atoms with Crippen molar-refractivity contribution in [2.24, 2.45) is 0 Å². The Kier molecular flexibility index (Phi) is 6.36. The highest BCUT2D eigenvalue weighted by Crippen LogP contribution is 2.28. The number of furan rings is 2. The van der Waals surface area contributed by atoms with Gasteiger partial charge in [0.2, 0.25) is 0 Å². The van der Waals surface area contributed by atoms with Gasteiger partial charge in [-0.25, -0.2) is 0 Å². The van der Waals surface area contributed by atoms with Gasteiger partial charge in [-0.1, -0.05) is 6.07 Å². The molecule has 0 saturated heterocycles.